The molecule has 0 aliphatic heterocycles. The molecule has 4 saturated carbocycles. The molecule has 2 aromatic rings. The maximum atomic E-state index is 13.0. The van der Waals surface area contributed by atoms with Crippen LogP contribution in [0.15, 0.2) is 30.6 Å². The molecule has 0 unspecified atom stereocenters. The number of carbonyl (C=O) groups is 1. The highest BCUT2D eigenvalue weighted by atomic mass is 19.1. The highest BCUT2D eigenvalue weighted by molar-refractivity contribution is 5.95. The van der Waals surface area contributed by atoms with Gasteiger partial charge < -0.3 is 11.1 Å². The number of halogens is 1. The van der Waals surface area contributed by atoms with Crippen LogP contribution in [0.3, 0.4) is 0 Å². The summed E-state index contributed by atoms with van der Waals surface area (Å²) in [5.41, 5.74) is 12.4. The Bertz CT molecular complexity index is 896. The molecule has 6 rings (SSSR count). The zero-order chi connectivity index (χ0) is 20.0. The Labute approximate surface area is 168 Å². The lowest BCUT2D eigenvalue weighted by Crippen LogP contribution is -2.55. The fourth-order valence-corrected chi connectivity index (χ4v) is 5.90. The standard InChI is InChI=1S/C21H25FN6O/c22-16-3-1-15(2-4-16)20(29)28-27-19-17(23)18(24-11-25-19)26-21-8-12-5-13(9-21)7-14(6-12)10-21/h1-4,11-14H,5-10,23H2,(H,28,29)(H2,24,25,26,27). The minimum Gasteiger partial charge on any atom is -0.393 e. The molecule has 0 atom stereocenters. The lowest BCUT2D eigenvalue weighted by Gasteiger charge is -2.57. The molecule has 1 heterocycles. The summed E-state index contributed by atoms with van der Waals surface area (Å²) in [5.74, 6) is 2.58. The molecule has 1 aromatic heterocycles. The fourth-order valence-electron chi connectivity index (χ4n) is 5.90. The van der Waals surface area contributed by atoms with Gasteiger partial charge in [-0.2, -0.15) is 0 Å². The van der Waals surface area contributed by atoms with Crippen LogP contribution in [-0.2, 0) is 0 Å². The number of hydrazine groups is 1. The monoisotopic (exact) mass is 396 g/mol. The zero-order valence-electron chi connectivity index (χ0n) is 16.1. The van der Waals surface area contributed by atoms with Crippen LogP contribution in [-0.4, -0.2) is 21.4 Å². The third kappa shape index (κ3) is 3.47. The molecular weight excluding hydrogens is 371 g/mol. The number of nitrogen functional groups attached to an aromatic ring is 1. The van der Waals surface area contributed by atoms with Gasteiger partial charge in [0, 0.05) is 11.1 Å². The molecule has 152 valence electrons. The van der Waals surface area contributed by atoms with E-state index in [9.17, 15) is 9.18 Å². The number of hydrogen-bond acceptors (Lipinski definition) is 6. The number of anilines is 3. The maximum absolute atomic E-state index is 13.0. The van der Waals surface area contributed by atoms with Crippen LogP contribution in [0.1, 0.15) is 48.9 Å². The van der Waals surface area contributed by atoms with Crippen molar-refractivity contribution in [3.8, 4) is 0 Å². The number of nitrogens with one attached hydrogen (secondary N) is 3. The van der Waals surface area contributed by atoms with Crippen molar-refractivity contribution in [3.63, 3.8) is 0 Å². The Hall–Kier alpha value is -2.90. The van der Waals surface area contributed by atoms with Gasteiger partial charge in [-0.3, -0.25) is 15.6 Å². The zero-order valence-corrected chi connectivity index (χ0v) is 16.1. The van der Waals surface area contributed by atoms with Crippen LogP contribution in [0.2, 0.25) is 0 Å². The summed E-state index contributed by atoms with van der Waals surface area (Å²) in [6.45, 7) is 0. The highest BCUT2D eigenvalue weighted by Gasteiger charge is 2.51. The molecule has 7 nitrogen and oxygen atoms in total. The van der Waals surface area contributed by atoms with Crippen LogP contribution in [0.4, 0.5) is 21.7 Å². The molecule has 4 aliphatic carbocycles. The molecule has 4 aliphatic rings. The Morgan fingerprint density at radius 1 is 1.00 bits per heavy atom. The SMILES string of the molecule is Nc1c(NNC(=O)c2ccc(F)cc2)ncnc1NC12CC3CC(CC(C3)C1)C2. The normalized spacial score (nSPS) is 29.5. The van der Waals surface area contributed by atoms with E-state index in [1.807, 2.05) is 0 Å². The van der Waals surface area contributed by atoms with Gasteiger partial charge in [-0.25, -0.2) is 14.4 Å². The molecule has 1 amide bonds. The molecule has 29 heavy (non-hydrogen) atoms. The van der Waals surface area contributed by atoms with E-state index in [1.165, 1.54) is 69.1 Å². The van der Waals surface area contributed by atoms with E-state index in [0.29, 0.717) is 22.9 Å². The first kappa shape index (κ1) is 18.1. The average molecular weight is 396 g/mol. The topological polar surface area (TPSA) is 105 Å². The number of amides is 1. The molecule has 8 heteroatoms. The maximum Gasteiger partial charge on any atom is 0.269 e. The third-order valence-corrected chi connectivity index (χ3v) is 6.71. The second-order valence-electron chi connectivity index (χ2n) is 8.89. The van der Waals surface area contributed by atoms with Gasteiger partial charge in [-0.05, 0) is 80.5 Å². The third-order valence-electron chi connectivity index (χ3n) is 6.71. The summed E-state index contributed by atoms with van der Waals surface area (Å²) < 4.78 is 13.0. The minimum absolute atomic E-state index is 0.0753. The minimum atomic E-state index is -0.404. The van der Waals surface area contributed by atoms with Crippen molar-refractivity contribution < 1.29 is 9.18 Å². The van der Waals surface area contributed by atoms with Crippen molar-refractivity contribution >= 4 is 23.2 Å². The number of aromatic nitrogens is 2. The average Bonchev–Trinajstić information content (AvgIpc) is 2.68. The van der Waals surface area contributed by atoms with Crippen molar-refractivity contribution in [2.75, 3.05) is 16.5 Å². The first-order chi connectivity index (χ1) is 14.0. The molecule has 0 radical (unpaired) electrons. The quantitative estimate of drug-likeness (QED) is 0.578. The second-order valence-corrected chi connectivity index (χ2v) is 8.89. The van der Waals surface area contributed by atoms with E-state index in [1.54, 1.807) is 0 Å². The summed E-state index contributed by atoms with van der Waals surface area (Å²) in [6, 6.07) is 5.30. The largest absolute Gasteiger partial charge is 0.393 e. The highest BCUT2D eigenvalue weighted by Crippen LogP contribution is 2.56. The summed E-state index contributed by atoms with van der Waals surface area (Å²) in [6.07, 6.45) is 9.05. The van der Waals surface area contributed by atoms with E-state index in [-0.39, 0.29) is 5.54 Å². The molecule has 4 bridgehead atoms. The van der Waals surface area contributed by atoms with Gasteiger partial charge in [0.25, 0.3) is 5.91 Å². The second kappa shape index (κ2) is 6.86. The van der Waals surface area contributed by atoms with Gasteiger partial charge in [0.1, 0.15) is 17.8 Å². The van der Waals surface area contributed by atoms with E-state index < -0.39 is 11.7 Å². The van der Waals surface area contributed by atoms with E-state index >= 15 is 0 Å². The fraction of sp³-hybridized carbons (Fsp3) is 0.476. The van der Waals surface area contributed by atoms with Crippen LogP contribution in [0.5, 0.6) is 0 Å². The van der Waals surface area contributed by atoms with Crippen LogP contribution in [0, 0.1) is 23.6 Å². The van der Waals surface area contributed by atoms with Crippen molar-refractivity contribution in [1.82, 2.24) is 15.4 Å². The lowest BCUT2D eigenvalue weighted by atomic mass is 9.53. The molecule has 1 aromatic carbocycles. The van der Waals surface area contributed by atoms with Gasteiger partial charge in [0.05, 0.1) is 0 Å². The van der Waals surface area contributed by atoms with Crippen LogP contribution in [0.25, 0.3) is 0 Å². The number of nitrogens with zero attached hydrogens (tertiary/aromatic N) is 2. The number of carbonyl (C=O) groups excluding carboxylic acids is 1. The summed E-state index contributed by atoms with van der Waals surface area (Å²) in [5, 5.41) is 3.65. The van der Waals surface area contributed by atoms with Gasteiger partial charge in [-0.1, -0.05) is 0 Å². The lowest BCUT2D eigenvalue weighted by molar-refractivity contribution is 0.0106. The number of hydrogen-bond donors (Lipinski definition) is 4. The van der Waals surface area contributed by atoms with Crippen molar-refractivity contribution in [2.45, 2.75) is 44.1 Å². The first-order valence-corrected chi connectivity index (χ1v) is 10.2. The van der Waals surface area contributed by atoms with Gasteiger partial charge in [0.15, 0.2) is 11.6 Å². The Balaban J connectivity index is 1.29. The summed E-state index contributed by atoms with van der Waals surface area (Å²) in [4.78, 5) is 20.7. The van der Waals surface area contributed by atoms with Crippen molar-refractivity contribution in [2.24, 2.45) is 17.8 Å². The smallest absolute Gasteiger partial charge is 0.269 e. The molecule has 0 saturated heterocycles. The molecule has 5 N–H and O–H groups in total. The van der Waals surface area contributed by atoms with E-state index in [0.717, 1.165) is 17.8 Å². The van der Waals surface area contributed by atoms with Crippen molar-refractivity contribution in [3.05, 3.63) is 42.0 Å². The first-order valence-electron chi connectivity index (χ1n) is 10.2. The Morgan fingerprint density at radius 3 is 2.21 bits per heavy atom. The predicted molar refractivity (Wildman–Crippen MR) is 108 cm³/mol. The molecule has 0 spiro atoms. The summed E-state index contributed by atoms with van der Waals surface area (Å²) >= 11 is 0. The van der Waals surface area contributed by atoms with E-state index in [2.05, 4.69) is 26.1 Å². The van der Waals surface area contributed by atoms with Gasteiger partial charge in [0.2, 0.25) is 0 Å². The van der Waals surface area contributed by atoms with E-state index in [4.69, 9.17) is 5.73 Å². The van der Waals surface area contributed by atoms with Crippen molar-refractivity contribution in [1.29, 1.82) is 0 Å². The molecule has 4 fully saturated rings. The number of nitrogens with two attached hydrogens (primary N) is 1. The van der Waals surface area contributed by atoms with Gasteiger partial charge >= 0.3 is 0 Å². The summed E-state index contributed by atoms with van der Waals surface area (Å²) in [7, 11) is 0. The van der Waals surface area contributed by atoms with Gasteiger partial charge in [-0.15, -0.1) is 0 Å². The predicted octanol–water partition coefficient (Wildman–Crippen LogP) is 3.34. The Morgan fingerprint density at radius 2 is 1.59 bits per heavy atom. The Kier molecular flexibility index (Phi) is 4.29. The number of rotatable bonds is 5. The molecular formula is C21H25FN6O. The van der Waals surface area contributed by atoms with Crippen LogP contribution >= 0.6 is 0 Å². The van der Waals surface area contributed by atoms with Crippen LogP contribution < -0.4 is 21.9 Å². The number of benzene rings is 1.